The molecule has 0 aromatic carbocycles. The Kier molecular flexibility index (Phi) is 2.39. The molecule has 0 aromatic heterocycles. The number of nitrogens with zero attached hydrogens (tertiary/aromatic N) is 1. The van der Waals surface area contributed by atoms with Gasteiger partial charge in [-0.25, -0.2) is 5.43 Å². The highest BCUT2D eigenvalue weighted by atomic mass is 16.2. The molecule has 0 aliphatic carbocycles. The summed E-state index contributed by atoms with van der Waals surface area (Å²) in [6.07, 6.45) is 3.25. The molecule has 0 spiro atoms. The fraction of sp³-hybridized carbons (Fsp3) is 0.667. The van der Waals surface area contributed by atoms with Crippen LogP contribution >= 0.6 is 0 Å². The van der Waals surface area contributed by atoms with Crippen LogP contribution in [-0.2, 0) is 4.79 Å². The minimum absolute atomic E-state index is 0.0689. The fourth-order valence-corrected chi connectivity index (χ4v) is 0.813. The first-order valence-electron chi connectivity index (χ1n) is 3.30. The molecule has 0 saturated carbocycles. The third-order valence-corrected chi connectivity index (χ3v) is 1.31. The molecule has 55 valence electrons. The molecular formula is C6H10N3O. The highest BCUT2D eigenvalue weighted by Gasteiger charge is 2.18. The van der Waals surface area contributed by atoms with Crippen molar-refractivity contribution >= 4 is 12.1 Å². The number of amides is 1. The maximum Gasteiger partial charge on any atom is 0.257 e. The summed E-state index contributed by atoms with van der Waals surface area (Å²) in [5.74, 6) is -0.0689. The lowest BCUT2D eigenvalue weighted by atomic mass is 10.2. The number of rotatable bonds is 2. The van der Waals surface area contributed by atoms with Crippen molar-refractivity contribution < 1.29 is 4.79 Å². The highest BCUT2D eigenvalue weighted by Crippen LogP contribution is 1.93. The lowest BCUT2D eigenvalue weighted by molar-refractivity contribution is -0.123. The maximum atomic E-state index is 10.9. The molecule has 1 unspecified atom stereocenters. The van der Waals surface area contributed by atoms with Gasteiger partial charge in [-0.2, -0.15) is 5.10 Å². The molecule has 4 nitrogen and oxygen atoms in total. The van der Waals surface area contributed by atoms with E-state index in [1.807, 2.05) is 6.92 Å². The van der Waals surface area contributed by atoms with Crippen molar-refractivity contribution in [3.8, 4) is 0 Å². The minimum Gasteiger partial charge on any atom is -0.306 e. The molecule has 1 aliphatic heterocycles. The monoisotopic (exact) mass is 140 g/mol. The number of carbonyl (C=O) groups excluding carboxylic acids is 1. The summed E-state index contributed by atoms with van der Waals surface area (Å²) >= 11 is 0. The van der Waals surface area contributed by atoms with Gasteiger partial charge >= 0.3 is 0 Å². The first-order valence-corrected chi connectivity index (χ1v) is 3.30. The Hall–Kier alpha value is -0.900. The normalized spacial score (nSPS) is 24.5. The molecule has 1 radical (unpaired) electrons. The number of nitrogens with one attached hydrogen (secondary N) is 2. The van der Waals surface area contributed by atoms with Gasteiger partial charge in [0.05, 0.1) is 12.3 Å². The van der Waals surface area contributed by atoms with Gasteiger partial charge in [0.1, 0.15) is 0 Å². The minimum atomic E-state index is -0.137. The van der Waals surface area contributed by atoms with E-state index in [1.54, 1.807) is 0 Å². The number of hydrogen-bond acceptors (Lipinski definition) is 3. The van der Waals surface area contributed by atoms with Crippen LogP contribution in [0.3, 0.4) is 0 Å². The van der Waals surface area contributed by atoms with Crippen LogP contribution in [0.4, 0.5) is 0 Å². The van der Waals surface area contributed by atoms with Crippen LogP contribution in [0.15, 0.2) is 5.10 Å². The summed E-state index contributed by atoms with van der Waals surface area (Å²) in [5, 5.41) is 6.50. The van der Waals surface area contributed by atoms with E-state index in [9.17, 15) is 4.79 Å². The third kappa shape index (κ3) is 1.54. The van der Waals surface area contributed by atoms with Crippen molar-refractivity contribution in [3.63, 3.8) is 0 Å². The van der Waals surface area contributed by atoms with E-state index in [1.165, 1.54) is 0 Å². The van der Waals surface area contributed by atoms with Gasteiger partial charge in [-0.3, -0.25) is 4.79 Å². The maximum absolute atomic E-state index is 10.9. The molecule has 2 N–H and O–H groups in total. The van der Waals surface area contributed by atoms with Crippen molar-refractivity contribution in [2.24, 2.45) is 5.10 Å². The van der Waals surface area contributed by atoms with E-state index >= 15 is 0 Å². The smallest absolute Gasteiger partial charge is 0.257 e. The lowest BCUT2D eigenvalue weighted by Crippen LogP contribution is -2.45. The van der Waals surface area contributed by atoms with Crippen LogP contribution in [-0.4, -0.2) is 24.7 Å². The van der Waals surface area contributed by atoms with Crippen LogP contribution < -0.4 is 10.7 Å². The standard InChI is InChI=1S/C6H10N3O/c1-2-7-5-3-4-8-9-6(5)10/h5,7H,2-3H2,1H3,(H,9,10). The van der Waals surface area contributed by atoms with Gasteiger partial charge in [0.2, 0.25) is 0 Å². The van der Waals surface area contributed by atoms with Gasteiger partial charge in [-0.15, -0.1) is 0 Å². The SMILES string of the molecule is CCNC1C[C]=NNC1=O. The molecule has 0 saturated heterocycles. The highest BCUT2D eigenvalue weighted by molar-refractivity contribution is 5.87. The predicted molar refractivity (Wildman–Crippen MR) is 37.7 cm³/mol. The average Bonchev–Trinajstić information content (AvgIpc) is 1.94. The lowest BCUT2D eigenvalue weighted by Gasteiger charge is -2.15. The molecule has 1 aliphatic rings. The van der Waals surface area contributed by atoms with Crippen molar-refractivity contribution in [2.45, 2.75) is 19.4 Å². The van der Waals surface area contributed by atoms with Crippen molar-refractivity contribution in [1.82, 2.24) is 10.7 Å². The van der Waals surface area contributed by atoms with Crippen molar-refractivity contribution in [3.05, 3.63) is 0 Å². The van der Waals surface area contributed by atoms with Crippen LogP contribution in [0.5, 0.6) is 0 Å². The molecule has 1 rings (SSSR count). The Morgan fingerprint density at radius 3 is 3.40 bits per heavy atom. The Bertz CT molecular complexity index is 155. The van der Waals surface area contributed by atoms with Crippen molar-refractivity contribution in [2.75, 3.05) is 6.54 Å². The quantitative estimate of drug-likeness (QED) is 0.535. The van der Waals surface area contributed by atoms with Crippen LogP contribution in [0.2, 0.25) is 0 Å². The summed E-state index contributed by atoms with van der Waals surface area (Å²) in [7, 11) is 0. The van der Waals surface area contributed by atoms with Gasteiger partial charge in [-0.05, 0) is 6.54 Å². The molecular weight excluding hydrogens is 130 g/mol. The second-order valence-electron chi connectivity index (χ2n) is 2.06. The molecule has 0 fully saturated rings. The largest absolute Gasteiger partial charge is 0.306 e. The van der Waals surface area contributed by atoms with Gasteiger partial charge in [0.25, 0.3) is 5.91 Å². The van der Waals surface area contributed by atoms with E-state index in [4.69, 9.17) is 0 Å². The zero-order valence-electron chi connectivity index (χ0n) is 5.85. The predicted octanol–water partition coefficient (Wildman–Crippen LogP) is -0.653. The van der Waals surface area contributed by atoms with E-state index in [-0.39, 0.29) is 11.9 Å². The second kappa shape index (κ2) is 3.31. The van der Waals surface area contributed by atoms with Gasteiger partial charge < -0.3 is 5.32 Å². The van der Waals surface area contributed by atoms with Gasteiger partial charge in [0.15, 0.2) is 0 Å². The molecule has 1 atom stereocenters. The number of hydrazone groups is 1. The molecule has 0 bridgehead atoms. The number of carbonyl (C=O) groups is 1. The number of hydrogen-bond donors (Lipinski definition) is 2. The fourth-order valence-electron chi connectivity index (χ4n) is 0.813. The Morgan fingerprint density at radius 2 is 2.80 bits per heavy atom. The van der Waals surface area contributed by atoms with Crippen LogP contribution in [0.1, 0.15) is 13.3 Å². The average molecular weight is 140 g/mol. The molecule has 4 heteroatoms. The Morgan fingerprint density at radius 1 is 2.00 bits per heavy atom. The molecule has 10 heavy (non-hydrogen) atoms. The van der Waals surface area contributed by atoms with E-state index in [0.717, 1.165) is 6.54 Å². The topological polar surface area (TPSA) is 53.5 Å². The summed E-state index contributed by atoms with van der Waals surface area (Å²) in [4.78, 5) is 10.9. The van der Waals surface area contributed by atoms with Crippen LogP contribution in [0.25, 0.3) is 0 Å². The Labute approximate surface area is 59.7 Å². The summed E-state index contributed by atoms with van der Waals surface area (Å²) < 4.78 is 0. The third-order valence-electron chi connectivity index (χ3n) is 1.31. The summed E-state index contributed by atoms with van der Waals surface area (Å²) in [6, 6.07) is -0.137. The van der Waals surface area contributed by atoms with E-state index in [0.29, 0.717) is 6.42 Å². The zero-order valence-corrected chi connectivity index (χ0v) is 5.85. The summed E-state index contributed by atoms with van der Waals surface area (Å²) in [5.41, 5.74) is 2.33. The van der Waals surface area contributed by atoms with E-state index < -0.39 is 0 Å². The molecule has 1 amide bonds. The van der Waals surface area contributed by atoms with Crippen LogP contribution in [0, 0.1) is 0 Å². The Balaban J connectivity index is 2.43. The zero-order chi connectivity index (χ0) is 7.40. The van der Waals surface area contributed by atoms with Gasteiger partial charge in [0, 0.05) is 6.42 Å². The first-order chi connectivity index (χ1) is 4.84. The van der Waals surface area contributed by atoms with Crippen molar-refractivity contribution in [1.29, 1.82) is 0 Å². The van der Waals surface area contributed by atoms with Gasteiger partial charge in [-0.1, -0.05) is 6.92 Å². The molecule has 0 aromatic rings. The number of likely N-dealkylation sites (N-methyl/N-ethyl adjacent to an activating group) is 1. The van der Waals surface area contributed by atoms with E-state index in [2.05, 4.69) is 22.1 Å². The first kappa shape index (κ1) is 7.21. The molecule has 1 heterocycles. The second-order valence-corrected chi connectivity index (χ2v) is 2.06. The summed E-state index contributed by atoms with van der Waals surface area (Å²) in [6.45, 7) is 2.75.